The molecule has 128 valence electrons. The van der Waals surface area contributed by atoms with Crippen LogP contribution in [0.1, 0.15) is 47.0 Å². The minimum atomic E-state index is -3.71. The first-order valence-electron chi connectivity index (χ1n) is 8.09. The summed E-state index contributed by atoms with van der Waals surface area (Å²) in [5, 5.41) is 0. The third-order valence-corrected chi connectivity index (χ3v) is 6.49. The van der Waals surface area contributed by atoms with E-state index < -0.39 is 24.9 Å². The molecule has 0 spiro atoms. The predicted octanol–water partition coefficient (Wildman–Crippen LogP) is 3.24. The van der Waals surface area contributed by atoms with Gasteiger partial charge in [0.25, 0.3) is 0 Å². The van der Waals surface area contributed by atoms with Crippen molar-refractivity contribution < 1.29 is 23.5 Å². The molecular weight excluding hydrogens is 305 g/mol. The van der Waals surface area contributed by atoms with Gasteiger partial charge in [0.05, 0.1) is 12.3 Å². The highest BCUT2D eigenvalue weighted by atomic mass is 31.2. The summed E-state index contributed by atoms with van der Waals surface area (Å²) in [5.41, 5.74) is -1.06. The fourth-order valence-corrected chi connectivity index (χ4v) is 5.03. The molecule has 7 heteroatoms. The fraction of sp³-hybridized carbons (Fsp3) is 0.933. The summed E-state index contributed by atoms with van der Waals surface area (Å²) < 4.78 is 23.0. The second-order valence-electron chi connectivity index (χ2n) is 7.29. The Labute approximate surface area is 132 Å². The summed E-state index contributed by atoms with van der Waals surface area (Å²) >= 11 is 0. The first-order chi connectivity index (χ1) is 10.1. The first-order valence-corrected chi connectivity index (χ1v) is 9.73. The van der Waals surface area contributed by atoms with Gasteiger partial charge in [0.2, 0.25) is 0 Å². The van der Waals surface area contributed by atoms with Gasteiger partial charge in [-0.3, -0.25) is 4.57 Å². The Hall–Kier alpha value is -0.580. The third kappa shape index (κ3) is 4.03. The van der Waals surface area contributed by atoms with Gasteiger partial charge in [-0.2, -0.15) is 0 Å². The zero-order valence-electron chi connectivity index (χ0n) is 13.9. The van der Waals surface area contributed by atoms with E-state index in [2.05, 4.69) is 0 Å². The van der Waals surface area contributed by atoms with E-state index in [-0.39, 0.29) is 19.1 Å². The Bertz CT molecular complexity index is 457. The van der Waals surface area contributed by atoms with Crippen LogP contribution < -0.4 is 0 Å². The molecule has 1 saturated carbocycles. The molecule has 1 aliphatic heterocycles. The molecule has 1 heterocycles. The van der Waals surface area contributed by atoms with Gasteiger partial charge in [-0.15, -0.1) is 0 Å². The number of rotatable bonds is 4. The van der Waals surface area contributed by atoms with Crippen molar-refractivity contribution in [3.63, 3.8) is 0 Å². The van der Waals surface area contributed by atoms with Crippen molar-refractivity contribution in [2.24, 2.45) is 11.8 Å². The van der Waals surface area contributed by atoms with Gasteiger partial charge in [-0.1, -0.05) is 19.3 Å². The minimum absolute atomic E-state index is 0.0312. The van der Waals surface area contributed by atoms with Crippen molar-refractivity contribution in [1.29, 1.82) is 0 Å². The molecule has 2 fully saturated rings. The average Bonchev–Trinajstić information content (AvgIpc) is 2.69. The van der Waals surface area contributed by atoms with Crippen LogP contribution in [-0.2, 0) is 13.8 Å². The molecule has 0 aromatic heterocycles. The summed E-state index contributed by atoms with van der Waals surface area (Å²) in [4.78, 5) is 24.1. The van der Waals surface area contributed by atoms with E-state index in [9.17, 15) is 14.3 Å². The van der Waals surface area contributed by atoms with Crippen molar-refractivity contribution in [3.05, 3.63) is 0 Å². The van der Waals surface area contributed by atoms with Gasteiger partial charge < -0.3 is 19.1 Å². The van der Waals surface area contributed by atoms with Crippen molar-refractivity contribution in [3.8, 4) is 0 Å². The van der Waals surface area contributed by atoms with Crippen LogP contribution in [0, 0.1) is 11.8 Å². The van der Waals surface area contributed by atoms with Crippen molar-refractivity contribution in [2.75, 3.05) is 19.7 Å². The number of nitrogens with zero attached hydrogens (tertiary/aromatic N) is 1. The summed E-state index contributed by atoms with van der Waals surface area (Å²) in [7, 11) is -3.71. The highest BCUT2D eigenvalue weighted by Crippen LogP contribution is 2.56. The monoisotopic (exact) mass is 333 g/mol. The molecule has 0 aromatic rings. The smallest absolute Gasteiger partial charge is 0.410 e. The van der Waals surface area contributed by atoms with Crippen LogP contribution in [0.3, 0.4) is 0 Å². The van der Waals surface area contributed by atoms with E-state index in [1.165, 1.54) is 0 Å². The highest BCUT2D eigenvalue weighted by molar-refractivity contribution is 7.53. The third-order valence-electron chi connectivity index (χ3n) is 4.47. The molecule has 0 radical (unpaired) electrons. The zero-order chi connectivity index (χ0) is 16.5. The lowest BCUT2D eigenvalue weighted by Crippen LogP contribution is -2.36. The Balaban J connectivity index is 2.11. The number of hydrogen-bond acceptors (Lipinski definition) is 4. The fourth-order valence-electron chi connectivity index (χ4n) is 3.24. The maximum atomic E-state index is 12.5. The number of carbonyl (C=O) groups excluding carboxylic acids is 1. The molecule has 2 aliphatic rings. The van der Waals surface area contributed by atoms with Crippen molar-refractivity contribution >= 4 is 13.7 Å². The lowest BCUT2D eigenvalue weighted by molar-refractivity contribution is 0.0278. The Morgan fingerprint density at radius 1 is 1.32 bits per heavy atom. The van der Waals surface area contributed by atoms with Gasteiger partial charge in [0, 0.05) is 13.1 Å². The molecule has 2 rings (SSSR count). The molecule has 6 nitrogen and oxygen atoms in total. The van der Waals surface area contributed by atoms with E-state index in [0.717, 1.165) is 19.3 Å². The normalized spacial score (nSPS) is 29.0. The molecule has 1 saturated heterocycles. The molecular formula is C15H28NO5P. The topological polar surface area (TPSA) is 76.1 Å². The number of hydrogen-bond donors (Lipinski definition) is 1. The molecule has 0 bridgehead atoms. The van der Waals surface area contributed by atoms with Crippen LogP contribution in [0.15, 0.2) is 0 Å². The maximum absolute atomic E-state index is 12.5. The quantitative estimate of drug-likeness (QED) is 0.799. The number of ether oxygens (including phenoxy) is 1. The summed E-state index contributed by atoms with van der Waals surface area (Å²) in [6.07, 6.45) is 2.88. The minimum Gasteiger partial charge on any atom is -0.444 e. The van der Waals surface area contributed by atoms with Gasteiger partial charge in [0.1, 0.15) is 5.60 Å². The van der Waals surface area contributed by atoms with E-state index in [4.69, 9.17) is 9.26 Å². The average molecular weight is 333 g/mol. The number of carbonyl (C=O) groups is 1. The molecule has 3 atom stereocenters. The summed E-state index contributed by atoms with van der Waals surface area (Å²) in [6, 6.07) is 0. The Morgan fingerprint density at radius 3 is 2.41 bits per heavy atom. The zero-order valence-corrected chi connectivity index (χ0v) is 14.8. The Kier molecular flexibility index (Phi) is 5.25. The van der Waals surface area contributed by atoms with Crippen molar-refractivity contribution in [2.45, 2.75) is 58.2 Å². The predicted molar refractivity (Wildman–Crippen MR) is 83.9 cm³/mol. The lowest BCUT2D eigenvalue weighted by atomic mass is 9.75. The highest BCUT2D eigenvalue weighted by Gasteiger charge is 2.50. The van der Waals surface area contributed by atoms with Gasteiger partial charge >= 0.3 is 13.7 Å². The van der Waals surface area contributed by atoms with E-state index in [1.807, 2.05) is 20.8 Å². The molecule has 22 heavy (non-hydrogen) atoms. The van der Waals surface area contributed by atoms with Gasteiger partial charge in [-0.25, -0.2) is 4.79 Å². The van der Waals surface area contributed by atoms with Crippen LogP contribution in [0.5, 0.6) is 0 Å². The largest absolute Gasteiger partial charge is 0.444 e. The standard InChI is InChI=1S/C15H28NO5P/c1-5-20-22(18,19)13-10-16(14(17)21-15(2,3)4)9-12(13)11-7-6-8-11/h11-13H,5-10H2,1-4H3,(H,18,19). The van der Waals surface area contributed by atoms with E-state index in [1.54, 1.807) is 11.8 Å². The molecule has 1 N–H and O–H groups in total. The van der Waals surface area contributed by atoms with Gasteiger partial charge in [0.15, 0.2) is 0 Å². The molecule has 1 amide bonds. The van der Waals surface area contributed by atoms with Crippen LogP contribution >= 0.6 is 7.60 Å². The van der Waals surface area contributed by atoms with E-state index >= 15 is 0 Å². The molecule has 1 aliphatic carbocycles. The maximum Gasteiger partial charge on any atom is 0.410 e. The lowest BCUT2D eigenvalue weighted by Gasteiger charge is -2.35. The van der Waals surface area contributed by atoms with Crippen molar-refractivity contribution in [1.82, 2.24) is 4.90 Å². The number of amides is 1. The van der Waals surface area contributed by atoms with Crippen LogP contribution in [0.4, 0.5) is 4.79 Å². The van der Waals surface area contributed by atoms with E-state index in [0.29, 0.717) is 12.5 Å². The van der Waals surface area contributed by atoms with Crippen LogP contribution in [-0.4, -0.2) is 46.8 Å². The number of likely N-dealkylation sites (tertiary alicyclic amines) is 1. The van der Waals surface area contributed by atoms with Crippen LogP contribution in [0.25, 0.3) is 0 Å². The summed E-state index contributed by atoms with van der Waals surface area (Å²) in [5.74, 6) is 0.446. The molecule has 3 unspecified atom stereocenters. The van der Waals surface area contributed by atoms with Crippen LogP contribution in [0.2, 0.25) is 0 Å². The van der Waals surface area contributed by atoms with Gasteiger partial charge in [-0.05, 0) is 39.5 Å². The second kappa shape index (κ2) is 6.50. The first kappa shape index (κ1) is 17.8. The Morgan fingerprint density at radius 2 is 1.95 bits per heavy atom. The second-order valence-corrected chi connectivity index (χ2v) is 9.34. The molecule has 0 aromatic carbocycles. The summed E-state index contributed by atoms with van der Waals surface area (Å²) in [6.45, 7) is 8.10. The SMILES string of the molecule is CCOP(=O)(O)C1CN(C(=O)OC(C)(C)C)CC1C1CCC1.